The molecule has 1 saturated heterocycles. The molecule has 1 aliphatic heterocycles. The van der Waals surface area contributed by atoms with Crippen LogP contribution in [0.3, 0.4) is 0 Å². The number of Topliss-reactive ketones (excluding diaryl/α,β-unsaturated/α-hetero) is 1. The summed E-state index contributed by atoms with van der Waals surface area (Å²) in [4.78, 5) is 16.8. The van der Waals surface area contributed by atoms with Gasteiger partial charge < -0.3 is 14.0 Å². The number of hydrogen-bond donors (Lipinski definition) is 0. The van der Waals surface area contributed by atoms with Crippen LogP contribution in [-0.4, -0.2) is 41.3 Å². The van der Waals surface area contributed by atoms with E-state index < -0.39 is 6.10 Å². The highest BCUT2D eigenvalue weighted by Crippen LogP contribution is 2.17. The van der Waals surface area contributed by atoms with Gasteiger partial charge in [0.1, 0.15) is 11.9 Å². The number of imidazole rings is 1. The van der Waals surface area contributed by atoms with E-state index in [1.165, 1.54) is 0 Å². The van der Waals surface area contributed by atoms with Crippen LogP contribution in [0.4, 0.5) is 0 Å². The molecule has 1 aliphatic rings. The van der Waals surface area contributed by atoms with Crippen LogP contribution in [0.25, 0.3) is 11.0 Å². The molecule has 3 rings (SSSR count). The molecular weight excluding hydrogens is 256 g/mol. The first-order chi connectivity index (χ1) is 9.79. The number of rotatable bonds is 4. The monoisotopic (exact) mass is 274 g/mol. The fraction of sp³-hybridized carbons (Fsp3) is 0.467. The molecule has 0 radical (unpaired) electrons. The summed E-state index contributed by atoms with van der Waals surface area (Å²) in [5.74, 6) is 0.836. The first-order valence-electron chi connectivity index (χ1n) is 6.95. The van der Waals surface area contributed by atoms with Crippen molar-refractivity contribution in [3.63, 3.8) is 0 Å². The average molecular weight is 274 g/mol. The Hall–Kier alpha value is -1.72. The highest BCUT2D eigenvalue weighted by atomic mass is 16.6. The first kappa shape index (κ1) is 13.3. The van der Waals surface area contributed by atoms with Crippen molar-refractivity contribution in [2.75, 3.05) is 19.8 Å². The van der Waals surface area contributed by atoms with Crippen molar-refractivity contribution in [2.45, 2.75) is 26.0 Å². The van der Waals surface area contributed by atoms with Crippen LogP contribution in [0.1, 0.15) is 12.7 Å². The number of carbonyl (C=O) groups is 1. The van der Waals surface area contributed by atoms with Crippen LogP contribution in [0.2, 0.25) is 0 Å². The zero-order chi connectivity index (χ0) is 13.9. The second-order valence-electron chi connectivity index (χ2n) is 4.84. The fourth-order valence-electron chi connectivity index (χ4n) is 2.56. The minimum Gasteiger partial charge on any atom is -0.376 e. The maximum atomic E-state index is 12.3. The van der Waals surface area contributed by atoms with Gasteiger partial charge in [-0.1, -0.05) is 12.1 Å². The lowest BCUT2D eigenvalue weighted by molar-refractivity contribution is -0.144. The maximum absolute atomic E-state index is 12.3. The summed E-state index contributed by atoms with van der Waals surface area (Å²) >= 11 is 0. The van der Waals surface area contributed by atoms with Gasteiger partial charge in [-0.05, 0) is 19.1 Å². The van der Waals surface area contributed by atoms with Crippen molar-refractivity contribution in [2.24, 2.45) is 0 Å². The zero-order valence-corrected chi connectivity index (χ0v) is 11.5. The number of para-hydroxylation sites is 2. The molecule has 0 spiro atoms. The number of hydrogen-bond acceptors (Lipinski definition) is 4. The summed E-state index contributed by atoms with van der Waals surface area (Å²) in [6, 6.07) is 7.94. The standard InChI is InChI=1S/C15H18N2O3/c1-2-17-12-6-4-3-5-11(12)16-15(17)9-13(18)14-10-19-7-8-20-14/h3-6,14H,2,7-10H2,1H3. The second kappa shape index (κ2) is 5.73. The molecule has 0 N–H and O–H groups in total. The molecule has 0 amide bonds. The van der Waals surface area contributed by atoms with Crippen molar-refractivity contribution < 1.29 is 14.3 Å². The molecule has 5 nitrogen and oxygen atoms in total. The molecule has 1 atom stereocenters. The van der Waals surface area contributed by atoms with Crippen molar-refractivity contribution in [3.8, 4) is 0 Å². The van der Waals surface area contributed by atoms with Gasteiger partial charge in [0, 0.05) is 6.54 Å². The number of benzene rings is 1. The van der Waals surface area contributed by atoms with Crippen LogP contribution in [0.5, 0.6) is 0 Å². The summed E-state index contributed by atoms with van der Waals surface area (Å²) in [5, 5.41) is 0. The van der Waals surface area contributed by atoms with Gasteiger partial charge in [0.15, 0.2) is 5.78 Å². The molecular formula is C15H18N2O3. The Morgan fingerprint density at radius 1 is 1.40 bits per heavy atom. The molecule has 1 aromatic heterocycles. The fourth-order valence-corrected chi connectivity index (χ4v) is 2.56. The van der Waals surface area contributed by atoms with E-state index in [0.717, 1.165) is 23.4 Å². The minimum atomic E-state index is -0.450. The quantitative estimate of drug-likeness (QED) is 0.849. The van der Waals surface area contributed by atoms with Gasteiger partial charge in [0.25, 0.3) is 0 Å². The van der Waals surface area contributed by atoms with E-state index in [0.29, 0.717) is 19.8 Å². The van der Waals surface area contributed by atoms with Crippen LogP contribution in [0, 0.1) is 0 Å². The summed E-state index contributed by atoms with van der Waals surface area (Å²) < 4.78 is 12.8. The lowest BCUT2D eigenvalue weighted by atomic mass is 10.1. The zero-order valence-electron chi connectivity index (χ0n) is 11.5. The Kier molecular flexibility index (Phi) is 3.80. The number of aryl methyl sites for hydroxylation is 1. The lowest BCUT2D eigenvalue weighted by Gasteiger charge is -2.21. The third kappa shape index (κ3) is 2.46. The maximum Gasteiger partial charge on any atom is 0.171 e. The number of nitrogens with zero attached hydrogens (tertiary/aromatic N) is 2. The molecule has 20 heavy (non-hydrogen) atoms. The van der Waals surface area contributed by atoms with Gasteiger partial charge in [0.05, 0.1) is 37.3 Å². The first-order valence-corrected chi connectivity index (χ1v) is 6.95. The van der Waals surface area contributed by atoms with Crippen LogP contribution < -0.4 is 0 Å². The molecule has 1 unspecified atom stereocenters. The molecule has 0 bridgehead atoms. The van der Waals surface area contributed by atoms with E-state index in [4.69, 9.17) is 9.47 Å². The lowest BCUT2D eigenvalue weighted by Crippen LogP contribution is -2.36. The molecule has 2 heterocycles. The molecule has 1 fully saturated rings. The Balaban J connectivity index is 1.84. The molecule has 0 saturated carbocycles. The molecule has 0 aliphatic carbocycles. The number of carbonyl (C=O) groups excluding carboxylic acids is 1. The number of aromatic nitrogens is 2. The van der Waals surface area contributed by atoms with Crippen molar-refractivity contribution in [3.05, 3.63) is 30.1 Å². The Bertz CT molecular complexity index is 615. The van der Waals surface area contributed by atoms with E-state index in [9.17, 15) is 4.79 Å². The van der Waals surface area contributed by atoms with Crippen LogP contribution >= 0.6 is 0 Å². The molecule has 1 aromatic carbocycles. The predicted octanol–water partition coefficient (Wildman–Crippen LogP) is 1.58. The van der Waals surface area contributed by atoms with Crippen molar-refractivity contribution in [1.82, 2.24) is 9.55 Å². The topological polar surface area (TPSA) is 53.4 Å². The number of ketones is 1. The van der Waals surface area contributed by atoms with Gasteiger partial charge in [0.2, 0.25) is 0 Å². The largest absolute Gasteiger partial charge is 0.376 e. The van der Waals surface area contributed by atoms with Gasteiger partial charge in [-0.25, -0.2) is 4.98 Å². The van der Waals surface area contributed by atoms with Gasteiger partial charge >= 0.3 is 0 Å². The SMILES string of the molecule is CCn1c(CC(=O)C2COCCO2)nc2ccccc21. The van der Waals surface area contributed by atoms with Gasteiger partial charge in [-0.3, -0.25) is 4.79 Å². The van der Waals surface area contributed by atoms with Gasteiger partial charge in [-0.2, -0.15) is 0 Å². The van der Waals surface area contributed by atoms with E-state index in [-0.39, 0.29) is 12.2 Å². The summed E-state index contributed by atoms with van der Waals surface area (Å²) in [6.45, 7) is 4.26. The Morgan fingerprint density at radius 3 is 3.00 bits per heavy atom. The van der Waals surface area contributed by atoms with Crippen molar-refractivity contribution in [1.29, 1.82) is 0 Å². The average Bonchev–Trinajstić information content (AvgIpc) is 2.85. The summed E-state index contributed by atoms with van der Waals surface area (Å²) in [7, 11) is 0. The smallest absolute Gasteiger partial charge is 0.171 e. The Morgan fingerprint density at radius 2 is 2.25 bits per heavy atom. The van der Waals surface area contributed by atoms with Crippen LogP contribution in [-0.2, 0) is 27.2 Å². The summed E-state index contributed by atoms with van der Waals surface area (Å²) in [6.07, 6.45) is -0.162. The predicted molar refractivity (Wildman–Crippen MR) is 74.7 cm³/mol. The molecule has 5 heteroatoms. The number of ether oxygens (including phenoxy) is 2. The van der Waals surface area contributed by atoms with E-state index in [1.807, 2.05) is 24.3 Å². The third-order valence-corrected chi connectivity index (χ3v) is 3.56. The highest BCUT2D eigenvalue weighted by Gasteiger charge is 2.24. The highest BCUT2D eigenvalue weighted by molar-refractivity contribution is 5.86. The molecule has 106 valence electrons. The summed E-state index contributed by atoms with van der Waals surface area (Å²) in [5.41, 5.74) is 2.00. The molecule has 2 aromatic rings. The third-order valence-electron chi connectivity index (χ3n) is 3.56. The van der Waals surface area contributed by atoms with E-state index in [2.05, 4.69) is 16.5 Å². The van der Waals surface area contributed by atoms with Gasteiger partial charge in [-0.15, -0.1) is 0 Å². The minimum absolute atomic E-state index is 0.0368. The van der Waals surface area contributed by atoms with Crippen LogP contribution in [0.15, 0.2) is 24.3 Å². The van der Waals surface area contributed by atoms with E-state index in [1.54, 1.807) is 0 Å². The normalized spacial score (nSPS) is 19.4. The Labute approximate surface area is 117 Å². The second-order valence-corrected chi connectivity index (χ2v) is 4.84. The van der Waals surface area contributed by atoms with Crippen molar-refractivity contribution >= 4 is 16.8 Å². The van der Waals surface area contributed by atoms with E-state index >= 15 is 0 Å². The number of fused-ring (bicyclic) bond motifs is 1.